The van der Waals surface area contributed by atoms with Gasteiger partial charge < -0.3 is 9.84 Å². The second-order valence-electron chi connectivity index (χ2n) is 5.81. The number of alkyl halides is 3. The number of hydrogen-bond acceptors (Lipinski definition) is 2. The summed E-state index contributed by atoms with van der Waals surface area (Å²) in [7, 11) is 1.44. The second-order valence-corrected chi connectivity index (χ2v) is 5.81. The molecule has 0 heterocycles. The van der Waals surface area contributed by atoms with Gasteiger partial charge in [0.2, 0.25) is 0 Å². The monoisotopic (exact) mass is 372 g/mol. The topological polar surface area (TPSA) is 46.5 Å². The zero-order valence-electron chi connectivity index (χ0n) is 14.2. The van der Waals surface area contributed by atoms with Gasteiger partial charge in [0.1, 0.15) is 5.75 Å². The van der Waals surface area contributed by atoms with E-state index in [2.05, 4.69) is 0 Å². The molecule has 6 heteroatoms. The van der Waals surface area contributed by atoms with Crippen LogP contribution in [0.25, 0.3) is 22.3 Å². The van der Waals surface area contributed by atoms with E-state index in [1.54, 1.807) is 36.4 Å². The Labute approximate surface area is 153 Å². The first-order valence-corrected chi connectivity index (χ1v) is 8.00. The Morgan fingerprint density at radius 1 is 0.852 bits per heavy atom. The molecule has 27 heavy (non-hydrogen) atoms. The van der Waals surface area contributed by atoms with Gasteiger partial charge in [0.05, 0.1) is 18.2 Å². The smallest absolute Gasteiger partial charge is 0.416 e. The Hall–Kier alpha value is -3.28. The lowest BCUT2D eigenvalue weighted by molar-refractivity contribution is -0.137. The maximum Gasteiger partial charge on any atom is 0.416 e. The van der Waals surface area contributed by atoms with E-state index >= 15 is 0 Å². The standard InChI is InChI=1S/C21H15F3O3/c1-27-19-15(13-9-11-14(12-10-13)21(22,23)24)7-4-8-17(19)16-5-2-3-6-18(16)20(25)26/h2-12H,1H3,(H,25,26). The summed E-state index contributed by atoms with van der Waals surface area (Å²) in [5.74, 6) is -0.682. The molecular formula is C21H15F3O3. The molecule has 3 aromatic carbocycles. The highest BCUT2D eigenvalue weighted by molar-refractivity contribution is 5.98. The maximum absolute atomic E-state index is 12.8. The summed E-state index contributed by atoms with van der Waals surface area (Å²) in [6, 6.07) is 16.4. The fourth-order valence-electron chi connectivity index (χ4n) is 2.94. The van der Waals surface area contributed by atoms with E-state index < -0.39 is 17.7 Å². The average Bonchev–Trinajstić information content (AvgIpc) is 2.66. The van der Waals surface area contributed by atoms with Gasteiger partial charge in [0, 0.05) is 11.1 Å². The van der Waals surface area contributed by atoms with Crippen molar-refractivity contribution in [3.63, 3.8) is 0 Å². The van der Waals surface area contributed by atoms with Crippen LogP contribution in [-0.2, 0) is 6.18 Å². The second kappa shape index (κ2) is 7.15. The predicted octanol–water partition coefficient (Wildman–Crippen LogP) is 5.75. The van der Waals surface area contributed by atoms with Crippen molar-refractivity contribution in [2.24, 2.45) is 0 Å². The highest BCUT2D eigenvalue weighted by Crippen LogP contribution is 2.40. The molecule has 0 aliphatic rings. The quantitative estimate of drug-likeness (QED) is 0.635. The largest absolute Gasteiger partial charge is 0.495 e. The van der Waals surface area contributed by atoms with Gasteiger partial charge in [-0.15, -0.1) is 0 Å². The van der Waals surface area contributed by atoms with E-state index in [-0.39, 0.29) is 5.56 Å². The number of para-hydroxylation sites is 1. The number of benzene rings is 3. The van der Waals surface area contributed by atoms with Crippen LogP contribution in [0.15, 0.2) is 66.7 Å². The maximum atomic E-state index is 12.8. The summed E-state index contributed by atoms with van der Waals surface area (Å²) in [6.45, 7) is 0. The summed E-state index contributed by atoms with van der Waals surface area (Å²) in [4.78, 5) is 11.5. The van der Waals surface area contributed by atoms with E-state index in [1.807, 2.05) is 0 Å². The van der Waals surface area contributed by atoms with E-state index in [1.165, 1.54) is 25.3 Å². The first-order chi connectivity index (χ1) is 12.8. The van der Waals surface area contributed by atoms with E-state index in [0.29, 0.717) is 28.0 Å². The third kappa shape index (κ3) is 3.65. The first kappa shape index (κ1) is 18.5. The van der Waals surface area contributed by atoms with Gasteiger partial charge >= 0.3 is 12.1 Å². The van der Waals surface area contributed by atoms with Crippen LogP contribution in [0.4, 0.5) is 13.2 Å². The third-order valence-corrected chi connectivity index (χ3v) is 4.19. The molecule has 0 atom stereocenters. The fourth-order valence-corrected chi connectivity index (χ4v) is 2.94. The van der Waals surface area contributed by atoms with Gasteiger partial charge in [-0.3, -0.25) is 0 Å². The molecule has 138 valence electrons. The SMILES string of the molecule is COc1c(-c2ccc(C(F)(F)F)cc2)cccc1-c1ccccc1C(=O)O. The minimum atomic E-state index is -4.41. The summed E-state index contributed by atoms with van der Waals surface area (Å²) in [6.07, 6.45) is -4.41. The third-order valence-electron chi connectivity index (χ3n) is 4.19. The van der Waals surface area contributed by atoms with Gasteiger partial charge in [-0.2, -0.15) is 13.2 Å². The lowest BCUT2D eigenvalue weighted by atomic mass is 9.94. The van der Waals surface area contributed by atoms with Crippen molar-refractivity contribution in [2.45, 2.75) is 6.18 Å². The van der Waals surface area contributed by atoms with Crippen molar-refractivity contribution < 1.29 is 27.8 Å². The van der Waals surface area contributed by atoms with Crippen LogP contribution >= 0.6 is 0 Å². The minimum Gasteiger partial charge on any atom is -0.495 e. The molecule has 0 spiro atoms. The van der Waals surface area contributed by atoms with Crippen LogP contribution < -0.4 is 4.74 Å². The fraction of sp³-hybridized carbons (Fsp3) is 0.0952. The molecule has 0 aromatic heterocycles. The van der Waals surface area contributed by atoms with Crippen molar-refractivity contribution in [1.29, 1.82) is 0 Å². The molecule has 0 aliphatic heterocycles. The van der Waals surface area contributed by atoms with Crippen molar-refractivity contribution >= 4 is 5.97 Å². The molecular weight excluding hydrogens is 357 g/mol. The molecule has 0 unspecified atom stereocenters. The lowest BCUT2D eigenvalue weighted by Crippen LogP contribution is -2.04. The highest BCUT2D eigenvalue weighted by Gasteiger charge is 2.30. The van der Waals surface area contributed by atoms with E-state index in [4.69, 9.17) is 4.74 Å². The molecule has 0 radical (unpaired) electrons. The number of aromatic carboxylic acids is 1. The molecule has 1 N–H and O–H groups in total. The molecule has 0 amide bonds. The molecule has 0 bridgehead atoms. The Morgan fingerprint density at radius 3 is 2.04 bits per heavy atom. The molecule has 3 aromatic rings. The number of carbonyl (C=O) groups is 1. The number of carboxylic acids is 1. The summed E-state index contributed by atoms with van der Waals surface area (Å²) in [5.41, 5.74) is 1.50. The van der Waals surface area contributed by atoms with Crippen LogP contribution in [0.3, 0.4) is 0 Å². The zero-order valence-corrected chi connectivity index (χ0v) is 14.2. The Bertz CT molecular complexity index is 977. The minimum absolute atomic E-state index is 0.111. The Kier molecular flexibility index (Phi) is 4.90. The molecule has 0 saturated carbocycles. The summed E-state index contributed by atoms with van der Waals surface area (Å²) in [5, 5.41) is 9.44. The summed E-state index contributed by atoms with van der Waals surface area (Å²) >= 11 is 0. The number of carboxylic acid groups (broad SMARTS) is 1. The van der Waals surface area contributed by atoms with E-state index in [0.717, 1.165) is 12.1 Å². The predicted molar refractivity (Wildman–Crippen MR) is 95.8 cm³/mol. The van der Waals surface area contributed by atoms with Crippen molar-refractivity contribution in [3.05, 3.63) is 77.9 Å². The number of rotatable bonds is 4. The number of hydrogen-bond donors (Lipinski definition) is 1. The first-order valence-electron chi connectivity index (χ1n) is 8.00. The van der Waals surface area contributed by atoms with Crippen LogP contribution in [-0.4, -0.2) is 18.2 Å². The van der Waals surface area contributed by atoms with Gasteiger partial charge in [-0.1, -0.05) is 48.5 Å². The molecule has 3 rings (SSSR count). The Balaban J connectivity index is 2.15. The number of halogens is 3. The van der Waals surface area contributed by atoms with Crippen LogP contribution in [0.1, 0.15) is 15.9 Å². The van der Waals surface area contributed by atoms with Gasteiger partial charge in [-0.05, 0) is 29.3 Å². The van der Waals surface area contributed by atoms with Gasteiger partial charge in [-0.25, -0.2) is 4.79 Å². The normalized spacial score (nSPS) is 11.3. The van der Waals surface area contributed by atoms with Crippen molar-refractivity contribution in [3.8, 4) is 28.0 Å². The van der Waals surface area contributed by atoms with Crippen molar-refractivity contribution in [1.82, 2.24) is 0 Å². The molecule has 3 nitrogen and oxygen atoms in total. The highest BCUT2D eigenvalue weighted by atomic mass is 19.4. The zero-order chi connectivity index (χ0) is 19.6. The average molecular weight is 372 g/mol. The Morgan fingerprint density at radius 2 is 1.44 bits per heavy atom. The number of ether oxygens (including phenoxy) is 1. The van der Waals surface area contributed by atoms with Gasteiger partial charge in [0.15, 0.2) is 0 Å². The molecule has 0 saturated heterocycles. The van der Waals surface area contributed by atoms with Crippen LogP contribution in [0, 0.1) is 0 Å². The number of methoxy groups -OCH3 is 1. The van der Waals surface area contributed by atoms with Crippen LogP contribution in [0.2, 0.25) is 0 Å². The molecule has 0 fully saturated rings. The summed E-state index contributed by atoms with van der Waals surface area (Å²) < 4.78 is 43.9. The molecule has 0 aliphatic carbocycles. The van der Waals surface area contributed by atoms with Gasteiger partial charge in [0.25, 0.3) is 0 Å². The van der Waals surface area contributed by atoms with Crippen molar-refractivity contribution in [2.75, 3.05) is 7.11 Å². The lowest BCUT2D eigenvalue weighted by Gasteiger charge is -2.16. The van der Waals surface area contributed by atoms with Crippen LogP contribution in [0.5, 0.6) is 5.75 Å². The van der Waals surface area contributed by atoms with E-state index in [9.17, 15) is 23.1 Å².